The van der Waals surface area contributed by atoms with Crippen molar-refractivity contribution in [3.05, 3.63) is 70.5 Å². The van der Waals surface area contributed by atoms with Gasteiger partial charge < -0.3 is 24.1 Å². The smallest absolute Gasteiger partial charge is 0.542 e. The molecular formula is C23H25KO5. The number of carboxylic acids is 1. The van der Waals surface area contributed by atoms with Gasteiger partial charge in [-0.2, -0.15) is 0 Å². The fourth-order valence-corrected chi connectivity index (χ4v) is 3.26. The Balaban J connectivity index is 0.00000300. The molecule has 0 bridgehead atoms. The largest absolute Gasteiger partial charge is 1.00 e. The normalized spacial score (nSPS) is 16.6. The summed E-state index contributed by atoms with van der Waals surface area (Å²) in [5, 5.41) is 11.5. The van der Waals surface area contributed by atoms with Crippen molar-refractivity contribution in [2.24, 2.45) is 0 Å². The summed E-state index contributed by atoms with van der Waals surface area (Å²) >= 11 is 0. The van der Waals surface area contributed by atoms with Gasteiger partial charge in [0.2, 0.25) is 0 Å². The maximum absolute atomic E-state index is 11.5. The zero-order valence-corrected chi connectivity index (χ0v) is 20.4. The van der Waals surface area contributed by atoms with Crippen LogP contribution >= 0.6 is 0 Å². The predicted octanol–water partition coefficient (Wildman–Crippen LogP) is 0.520. The summed E-state index contributed by atoms with van der Waals surface area (Å²) in [7, 11) is 0. The van der Waals surface area contributed by atoms with E-state index in [9.17, 15) is 9.90 Å². The third kappa shape index (κ3) is 7.24. The number of ether oxygens (including phenoxy) is 3. The minimum absolute atomic E-state index is 0. The third-order valence-electron chi connectivity index (χ3n) is 4.60. The molecule has 5 nitrogen and oxygen atoms in total. The van der Waals surface area contributed by atoms with Gasteiger partial charge in [-0.25, -0.2) is 0 Å². The summed E-state index contributed by atoms with van der Waals surface area (Å²) in [5.41, 5.74) is 3.66. The molecule has 148 valence electrons. The standard InChI is InChI=1S/C23H26O5.K/c1-16-12-19(14-20(23(24)25)28-21-10-6-7-11-26-21)13-17(2)22(16)27-15-18-8-4-3-5-9-18;/h3-5,8-9,12-14,21H,6-7,10-11,15H2,1-2H3,(H,24,25);/q;+1/p-1/b20-14-;. The molecule has 1 fully saturated rings. The molecule has 1 heterocycles. The second-order valence-electron chi connectivity index (χ2n) is 6.97. The van der Waals surface area contributed by atoms with Crippen LogP contribution in [0.2, 0.25) is 0 Å². The first-order valence-electron chi connectivity index (χ1n) is 9.52. The Kier molecular flexibility index (Phi) is 9.88. The minimum atomic E-state index is -1.35. The van der Waals surface area contributed by atoms with E-state index in [1.165, 1.54) is 6.08 Å². The van der Waals surface area contributed by atoms with Crippen molar-refractivity contribution in [1.29, 1.82) is 0 Å². The van der Waals surface area contributed by atoms with Gasteiger partial charge in [-0.3, -0.25) is 0 Å². The van der Waals surface area contributed by atoms with E-state index < -0.39 is 12.3 Å². The van der Waals surface area contributed by atoms with Crippen LogP contribution in [-0.4, -0.2) is 18.9 Å². The van der Waals surface area contributed by atoms with Crippen LogP contribution in [0.1, 0.15) is 41.5 Å². The summed E-state index contributed by atoms with van der Waals surface area (Å²) < 4.78 is 17.0. The van der Waals surface area contributed by atoms with Gasteiger partial charge in [-0.1, -0.05) is 30.3 Å². The van der Waals surface area contributed by atoms with Crippen molar-refractivity contribution in [2.75, 3.05) is 6.61 Å². The van der Waals surface area contributed by atoms with Gasteiger partial charge in [0.1, 0.15) is 24.1 Å². The second-order valence-corrected chi connectivity index (χ2v) is 6.97. The van der Waals surface area contributed by atoms with Crippen LogP contribution in [0.3, 0.4) is 0 Å². The van der Waals surface area contributed by atoms with Crippen LogP contribution in [0.5, 0.6) is 5.75 Å². The first-order valence-corrected chi connectivity index (χ1v) is 9.52. The second kappa shape index (κ2) is 11.9. The number of benzene rings is 2. The van der Waals surface area contributed by atoms with Crippen LogP contribution in [0.25, 0.3) is 6.08 Å². The number of carbonyl (C=O) groups excluding carboxylic acids is 1. The fraction of sp³-hybridized carbons (Fsp3) is 0.348. The zero-order valence-electron chi connectivity index (χ0n) is 17.3. The Hall–Kier alpha value is -1.15. The Labute approximate surface area is 214 Å². The topological polar surface area (TPSA) is 67.8 Å². The molecule has 1 atom stereocenters. The number of carbonyl (C=O) groups is 1. The predicted molar refractivity (Wildman–Crippen MR) is 104 cm³/mol. The number of hydrogen-bond donors (Lipinski definition) is 0. The van der Waals surface area contributed by atoms with Crippen molar-refractivity contribution in [2.45, 2.75) is 46.0 Å². The van der Waals surface area contributed by atoms with Gasteiger partial charge in [-0.15, -0.1) is 0 Å². The third-order valence-corrected chi connectivity index (χ3v) is 4.60. The zero-order chi connectivity index (χ0) is 19.9. The van der Waals surface area contributed by atoms with Gasteiger partial charge in [0.15, 0.2) is 6.29 Å². The van der Waals surface area contributed by atoms with Crippen molar-refractivity contribution in [1.82, 2.24) is 0 Å². The molecule has 2 aromatic carbocycles. The number of hydrogen-bond acceptors (Lipinski definition) is 5. The quantitative estimate of drug-likeness (QED) is 0.371. The Morgan fingerprint density at radius 3 is 2.45 bits per heavy atom. The maximum Gasteiger partial charge on any atom is 1.00 e. The van der Waals surface area contributed by atoms with Crippen molar-refractivity contribution in [3.8, 4) is 5.75 Å². The van der Waals surface area contributed by atoms with Crippen LogP contribution in [0.4, 0.5) is 0 Å². The first-order chi connectivity index (χ1) is 13.5. The van der Waals surface area contributed by atoms with Crippen LogP contribution in [-0.2, 0) is 20.9 Å². The molecule has 0 spiro atoms. The number of aliphatic carboxylic acids is 1. The summed E-state index contributed by atoms with van der Waals surface area (Å²) in [6, 6.07) is 13.7. The number of rotatable bonds is 7. The van der Waals surface area contributed by atoms with Crippen molar-refractivity contribution >= 4 is 12.0 Å². The molecule has 0 radical (unpaired) electrons. The molecule has 0 saturated carbocycles. The molecule has 1 aliphatic rings. The van der Waals surface area contributed by atoms with E-state index in [2.05, 4.69) is 0 Å². The van der Waals surface area contributed by atoms with Gasteiger partial charge in [-0.05, 0) is 67.2 Å². The Morgan fingerprint density at radius 1 is 1.17 bits per heavy atom. The van der Waals surface area contributed by atoms with E-state index in [-0.39, 0.29) is 57.1 Å². The molecule has 0 aromatic heterocycles. The number of aryl methyl sites for hydroxylation is 2. The van der Waals surface area contributed by atoms with E-state index in [0.717, 1.165) is 40.8 Å². The molecule has 29 heavy (non-hydrogen) atoms. The minimum Gasteiger partial charge on any atom is -0.542 e. The van der Waals surface area contributed by atoms with E-state index in [1.54, 1.807) is 0 Å². The average Bonchev–Trinajstić information content (AvgIpc) is 2.68. The van der Waals surface area contributed by atoms with Crippen LogP contribution < -0.4 is 61.2 Å². The van der Waals surface area contributed by atoms with Gasteiger partial charge >= 0.3 is 51.4 Å². The molecule has 1 aliphatic heterocycles. The maximum atomic E-state index is 11.5. The molecule has 0 amide bonds. The molecule has 0 aliphatic carbocycles. The van der Waals surface area contributed by atoms with Crippen molar-refractivity contribution in [3.63, 3.8) is 0 Å². The summed E-state index contributed by atoms with van der Waals surface area (Å²) in [4.78, 5) is 11.5. The van der Waals surface area contributed by atoms with Gasteiger partial charge in [0.05, 0.1) is 6.61 Å². The number of carboxylic acid groups (broad SMARTS) is 1. The molecule has 6 heteroatoms. The molecule has 1 saturated heterocycles. The van der Waals surface area contributed by atoms with E-state index >= 15 is 0 Å². The Bertz CT molecular complexity index is 819. The van der Waals surface area contributed by atoms with E-state index in [0.29, 0.717) is 19.6 Å². The van der Waals surface area contributed by atoms with Crippen LogP contribution in [0, 0.1) is 13.8 Å². The molecule has 2 aromatic rings. The van der Waals surface area contributed by atoms with E-state index in [1.807, 2.05) is 56.3 Å². The fourth-order valence-electron chi connectivity index (χ4n) is 3.26. The first kappa shape index (κ1) is 24.1. The van der Waals surface area contributed by atoms with E-state index in [4.69, 9.17) is 14.2 Å². The Morgan fingerprint density at radius 2 is 1.86 bits per heavy atom. The van der Waals surface area contributed by atoms with Crippen LogP contribution in [0.15, 0.2) is 48.2 Å². The monoisotopic (exact) mass is 420 g/mol. The summed E-state index contributed by atoms with van der Waals surface area (Å²) in [5.74, 6) is -0.773. The molecule has 1 unspecified atom stereocenters. The molecule has 3 rings (SSSR count). The molecular weight excluding hydrogens is 395 g/mol. The molecule has 0 N–H and O–H groups in total. The average molecular weight is 421 g/mol. The SMILES string of the molecule is Cc1cc(/C=C(\OC2CCCCO2)C(=O)[O-])cc(C)c1OCc1ccccc1.[K+]. The van der Waals surface area contributed by atoms with Gasteiger partial charge in [0, 0.05) is 6.42 Å². The summed E-state index contributed by atoms with van der Waals surface area (Å²) in [6.07, 6.45) is 3.54. The van der Waals surface area contributed by atoms with Gasteiger partial charge in [0.25, 0.3) is 0 Å². The van der Waals surface area contributed by atoms with Crippen molar-refractivity contribution < 1.29 is 75.5 Å². The summed E-state index contributed by atoms with van der Waals surface area (Å²) in [6.45, 7) is 4.93.